The van der Waals surface area contributed by atoms with Gasteiger partial charge in [0.05, 0.1) is 0 Å². The molecule has 0 rings (SSSR count). The minimum atomic E-state index is -0.791. The van der Waals surface area contributed by atoms with Gasteiger partial charge in [-0.05, 0) is 0 Å². The fourth-order valence-electron chi connectivity index (χ4n) is 0.597. The number of hydrogen-bond acceptors (Lipinski definition) is 0. The van der Waals surface area contributed by atoms with Crippen LogP contribution < -0.4 is 0 Å². The molecule has 0 nitrogen and oxygen atoms in total. The van der Waals surface area contributed by atoms with Crippen molar-refractivity contribution in [2.45, 2.75) is 31.1 Å². The molecule has 0 radical (unpaired) electrons. The third-order valence-electron chi connectivity index (χ3n) is 1.06. The first-order valence-electron chi connectivity index (χ1n) is 3.12. The van der Waals surface area contributed by atoms with Crippen LogP contribution in [0.15, 0.2) is 0 Å². The van der Waals surface area contributed by atoms with Crippen molar-refractivity contribution >= 4 is 8.25 Å². The zero-order valence-corrected chi connectivity index (χ0v) is 12.3. The molecule has 0 aromatic carbocycles. The van der Waals surface area contributed by atoms with Crippen LogP contribution in [0.4, 0.5) is 0 Å². The van der Waals surface area contributed by atoms with Gasteiger partial charge in [0, 0.05) is 0 Å². The van der Waals surface area contributed by atoms with E-state index in [0.29, 0.717) is 5.41 Å². The summed E-state index contributed by atoms with van der Waals surface area (Å²) in [4.78, 5) is 0. The third-order valence-corrected chi connectivity index (χ3v) is 5.82. The topological polar surface area (TPSA) is 0 Å². The van der Waals surface area contributed by atoms with E-state index >= 15 is 0 Å². The minimum absolute atomic E-state index is 0.523. The van der Waals surface area contributed by atoms with E-state index in [-0.39, 0.29) is 0 Å². The zero-order chi connectivity index (χ0) is 6.62. The molecule has 0 aromatic rings. The van der Waals surface area contributed by atoms with Gasteiger partial charge in [-0.2, -0.15) is 0 Å². The van der Waals surface area contributed by atoms with Crippen LogP contribution in [0.5, 0.6) is 0 Å². The summed E-state index contributed by atoms with van der Waals surface area (Å²) in [5.74, 6) is 0. The van der Waals surface area contributed by atoms with E-state index in [2.05, 4.69) is 20.8 Å². The molecule has 0 bridgehead atoms. The van der Waals surface area contributed by atoms with Crippen molar-refractivity contribution in [3.63, 3.8) is 0 Å². The molecule has 0 amide bonds. The van der Waals surface area contributed by atoms with Gasteiger partial charge < -0.3 is 0 Å². The Bertz CT molecular complexity index is 56.0. The van der Waals surface area contributed by atoms with Crippen molar-refractivity contribution in [2.24, 2.45) is 5.41 Å². The van der Waals surface area contributed by atoms with Crippen LogP contribution in [0.25, 0.3) is 0 Å². The number of rotatable bonds is 2. The molecule has 0 saturated carbocycles. The SMILES string of the molecule is CC(C)(C)C[CH2][Hg][Cl]. The van der Waals surface area contributed by atoms with Gasteiger partial charge in [0.25, 0.3) is 0 Å². The van der Waals surface area contributed by atoms with Crippen LogP contribution >= 0.6 is 8.25 Å². The van der Waals surface area contributed by atoms with Crippen molar-refractivity contribution < 1.29 is 23.3 Å². The van der Waals surface area contributed by atoms with Gasteiger partial charge in [0.15, 0.2) is 0 Å². The summed E-state index contributed by atoms with van der Waals surface area (Å²) in [5, 5.41) is 0. The average molecular weight is 321 g/mol. The molecule has 0 saturated heterocycles. The van der Waals surface area contributed by atoms with Gasteiger partial charge in [0.2, 0.25) is 0 Å². The Hall–Kier alpha value is 1.23. The molecule has 0 aliphatic rings. The van der Waals surface area contributed by atoms with Crippen LogP contribution in [-0.2, 0) is 23.3 Å². The average Bonchev–Trinajstić information content (AvgIpc) is 1.59. The second-order valence-electron chi connectivity index (χ2n) is 3.35. The van der Waals surface area contributed by atoms with Gasteiger partial charge in [-0.1, -0.05) is 0 Å². The molecule has 46 valence electrons. The Morgan fingerprint density at radius 3 is 2.00 bits per heavy atom. The Morgan fingerprint density at radius 2 is 1.88 bits per heavy atom. The summed E-state index contributed by atoms with van der Waals surface area (Å²) in [6.07, 6.45) is 1.33. The summed E-state index contributed by atoms with van der Waals surface area (Å²) < 4.78 is 1.37. The van der Waals surface area contributed by atoms with E-state index in [1.165, 1.54) is 10.4 Å². The molecular formula is C6H13ClHg. The molecule has 0 aromatic heterocycles. The Kier molecular flexibility index (Phi) is 4.74. The van der Waals surface area contributed by atoms with E-state index in [9.17, 15) is 0 Å². The molecule has 8 heavy (non-hydrogen) atoms. The van der Waals surface area contributed by atoms with Crippen molar-refractivity contribution in [3.8, 4) is 0 Å². The van der Waals surface area contributed by atoms with Crippen molar-refractivity contribution in [1.29, 1.82) is 0 Å². The Labute approximate surface area is 67.9 Å². The van der Waals surface area contributed by atoms with Crippen LogP contribution in [0.3, 0.4) is 0 Å². The van der Waals surface area contributed by atoms with Crippen LogP contribution in [0, 0.1) is 5.41 Å². The maximum atomic E-state index is 5.73. The van der Waals surface area contributed by atoms with Gasteiger partial charge >= 0.3 is 68.1 Å². The van der Waals surface area contributed by atoms with E-state index in [1.807, 2.05) is 0 Å². The first kappa shape index (κ1) is 9.23. The van der Waals surface area contributed by atoms with E-state index in [4.69, 9.17) is 8.25 Å². The Morgan fingerprint density at radius 1 is 1.38 bits per heavy atom. The van der Waals surface area contributed by atoms with Crippen LogP contribution in [-0.4, -0.2) is 0 Å². The fourth-order valence-corrected chi connectivity index (χ4v) is 6.41. The molecule has 0 N–H and O–H groups in total. The summed E-state index contributed by atoms with van der Waals surface area (Å²) >= 11 is -0.791. The quantitative estimate of drug-likeness (QED) is 0.686. The van der Waals surface area contributed by atoms with Crippen LogP contribution in [0.2, 0.25) is 3.93 Å². The standard InChI is InChI=1S/C6H13.ClH.Hg/c1-5-6(2,3)4;;/h1,5H2,2-4H3;1H;/q;;+1/p-1. The molecule has 0 unspecified atom stereocenters. The summed E-state index contributed by atoms with van der Waals surface area (Å²) in [6, 6.07) is 0. The number of hydrogen-bond donors (Lipinski definition) is 0. The van der Waals surface area contributed by atoms with E-state index in [1.54, 1.807) is 0 Å². The predicted molar refractivity (Wildman–Crippen MR) is 34.7 cm³/mol. The molecule has 0 fully saturated rings. The molecular weight excluding hydrogens is 308 g/mol. The monoisotopic (exact) mass is 322 g/mol. The van der Waals surface area contributed by atoms with E-state index in [0.717, 1.165) is 0 Å². The molecule has 0 atom stereocenters. The molecule has 0 aliphatic heterocycles. The molecule has 0 heterocycles. The second-order valence-corrected chi connectivity index (χ2v) is 10.9. The fraction of sp³-hybridized carbons (Fsp3) is 1.00. The Balaban J connectivity index is 3.11. The van der Waals surface area contributed by atoms with Gasteiger partial charge in [-0.25, -0.2) is 0 Å². The first-order valence-corrected chi connectivity index (χ1v) is 13.8. The van der Waals surface area contributed by atoms with Gasteiger partial charge in [0.1, 0.15) is 0 Å². The molecule has 2 heteroatoms. The van der Waals surface area contributed by atoms with Crippen molar-refractivity contribution in [3.05, 3.63) is 0 Å². The molecule has 0 aliphatic carbocycles. The third kappa shape index (κ3) is 7.23. The number of halogens is 1. The van der Waals surface area contributed by atoms with E-state index < -0.39 is 23.3 Å². The molecule has 0 spiro atoms. The summed E-state index contributed by atoms with van der Waals surface area (Å²) in [6.45, 7) is 6.81. The van der Waals surface area contributed by atoms with Crippen molar-refractivity contribution in [2.75, 3.05) is 0 Å². The zero-order valence-electron chi connectivity index (χ0n) is 6.00. The van der Waals surface area contributed by atoms with Gasteiger partial charge in [-0.15, -0.1) is 0 Å². The normalized spacial score (nSPS) is 11.0. The first-order chi connectivity index (χ1) is 3.56. The van der Waals surface area contributed by atoms with Gasteiger partial charge in [-0.3, -0.25) is 0 Å². The maximum absolute atomic E-state index is 5.73. The van der Waals surface area contributed by atoms with Crippen LogP contribution in [0.1, 0.15) is 27.2 Å². The summed E-state index contributed by atoms with van der Waals surface area (Å²) in [7, 11) is 5.73. The second kappa shape index (κ2) is 4.11. The predicted octanol–water partition coefficient (Wildman–Crippen LogP) is 3.08. The summed E-state index contributed by atoms with van der Waals surface area (Å²) in [5.41, 5.74) is 0.523. The van der Waals surface area contributed by atoms with Crippen molar-refractivity contribution in [1.82, 2.24) is 0 Å².